The highest BCUT2D eigenvalue weighted by Gasteiger charge is 2.31. The number of aliphatic hydroxyl groups is 1. The summed E-state index contributed by atoms with van der Waals surface area (Å²) < 4.78 is 6.80. The molecular formula is C21H24N6O3. The molecule has 1 saturated heterocycles. The number of hydrogen-bond acceptors (Lipinski definition) is 7. The van der Waals surface area contributed by atoms with Crippen molar-refractivity contribution in [3.05, 3.63) is 60.2 Å². The van der Waals surface area contributed by atoms with Crippen molar-refractivity contribution in [2.75, 3.05) is 25.1 Å². The fourth-order valence-electron chi connectivity index (χ4n) is 3.57. The molecule has 156 valence electrons. The predicted octanol–water partition coefficient (Wildman–Crippen LogP) is 0.969. The second-order valence-electron chi connectivity index (χ2n) is 7.23. The number of hydrogen-bond donors (Lipinski definition) is 2. The van der Waals surface area contributed by atoms with Crippen LogP contribution in [0.5, 0.6) is 5.75 Å². The largest absolute Gasteiger partial charge is 0.497 e. The normalized spacial score (nSPS) is 18.8. The number of aliphatic hydroxyl groups excluding tert-OH is 1. The summed E-state index contributed by atoms with van der Waals surface area (Å²) in [5.74, 6) is 1.19. The van der Waals surface area contributed by atoms with Gasteiger partial charge in [-0.1, -0.05) is 35.4 Å². The average molecular weight is 408 g/mol. The van der Waals surface area contributed by atoms with Gasteiger partial charge in [-0.05, 0) is 46.7 Å². The Morgan fingerprint density at radius 1 is 1.20 bits per heavy atom. The number of benzene rings is 2. The van der Waals surface area contributed by atoms with Crippen molar-refractivity contribution in [1.82, 2.24) is 25.5 Å². The number of piperidine rings is 1. The molecule has 0 spiro atoms. The average Bonchev–Trinajstić information content (AvgIpc) is 3.26. The van der Waals surface area contributed by atoms with Crippen LogP contribution in [0.2, 0.25) is 0 Å². The number of ether oxygens (including phenoxy) is 1. The summed E-state index contributed by atoms with van der Waals surface area (Å²) in [4.78, 5) is 14.5. The van der Waals surface area contributed by atoms with E-state index in [1.54, 1.807) is 11.8 Å². The van der Waals surface area contributed by atoms with Crippen LogP contribution in [0.4, 0.5) is 5.95 Å². The molecule has 2 N–H and O–H groups in total. The first-order valence-electron chi connectivity index (χ1n) is 9.83. The Morgan fingerprint density at radius 2 is 1.97 bits per heavy atom. The van der Waals surface area contributed by atoms with Crippen molar-refractivity contribution >= 4 is 11.9 Å². The zero-order valence-electron chi connectivity index (χ0n) is 16.7. The standard InChI is InChI=1S/C21H24N6O3/c1-30-17-9-7-15(8-10-17)13-20(29)22-18-14-26(12-11-19(18)28)21-23-24-25-27(21)16-5-3-2-4-6-16/h2-10,18-19,28H,11-14H2,1H3,(H,22,29)/t18-,19+/m1/s1. The van der Waals surface area contributed by atoms with Crippen molar-refractivity contribution in [2.24, 2.45) is 0 Å². The van der Waals surface area contributed by atoms with Crippen LogP contribution in [0.15, 0.2) is 54.6 Å². The van der Waals surface area contributed by atoms with Gasteiger partial charge in [0.2, 0.25) is 11.9 Å². The van der Waals surface area contributed by atoms with Gasteiger partial charge >= 0.3 is 0 Å². The van der Waals surface area contributed by atoms with Crippen LogP contribution in [0.25, 0.3) is 5.69 Å². The van der Waals surface area contributed by atoms with E-state index in [9.17, 15) is 9.90 Å². The molecule has 2 heterocycles. The number of tetrazole rings is 1. The van der Waals surface area contributed by atoms with E-state index in [0.717, 1.165) is 17.0 Å². The van der Waals surface area contributed by atoms with Gasteiger partial charge in [0.05, 0.1) is 31.4 Å². The Balaban J connectivity index is 1.42. The molecule has 0 radical (unpaired) electrons. The van der Waals surface area contributed by atoms with E-state index in [2.05, 4.69) is 20.8 Å². The predicted molar refractivity (Wildman–Crippen MR) is 111 cm³/mol. The van der Waals surface area contributed by atoms with E-state index in [0.29, 0.717) is 25.5 Å². The Labute approximate surface area is 174 Å². The van der Waals surface area contributed by atoms with E-state index in [1.807, 2.05) is 59.5 Å². The number of carbonyl (C=O) groups is 1. The highest BCUT2D eigenvalue weighted by Crippen LogP contribution is 2.20. The number of aromatic nitrogens is 4. The molecule has 0 aliphatic carbocycles. The number of rotatable bonds is 6. The number of carbonyl (C=O) groups excluding carboxylic acids is 1. The number of para-hydroxylation sites is 1. The van der Waals surface area contributed by atoms with Gasteiger partial charge in [-0.25, -0.2) is 0 Å². The lowest BCUT2D eigenvalue weighted by Gasteiger charge is -2.36. The van der Waals surface area contributed by atoms with Crippen LogP contribution in [-0.4, -0.2) is 63.6 Å². The maximum Gasteiger partial charge on any atom is 0.250 e. The fraction of sp³-hybridized carbons (Fsp3) is 0.333. The number of anilines is 1. The van der Waals surface area contributed by atoms with Crippen LogP contribution in [-0.2, 0) is 11.2 Å². The molecule has 0 unspecified atom stereocenters. The van der Waals surface area contributed by atoms with E-state index in [-0.39, 0.29) is 12.3 Å². The van der Waals surface area contributed by atoms with E-state index >= 15 is 0 Å². The van der Waals surface area contributed by atoms with Crippen molar-refractivity contribution in [3.8, 4) is 11.4 Å². The molecule has 1 aliphatic heterocycles. The van der Waals surface area contributed by atoms with E-state index in [1.165, 1.54) is 0 Å². The number of nitrogens with zero attached hydrogens (tertiary/aromatic N) is 5. The molecule has 30 heavy (non-hydrogen) atoms. The van der Waals surface area contributed by atoms with Gasteiger partial charge < -0.3 is 20.1 Å². The van der Waals surface area contributed by atoms with Gasteiger partial charge in [0.15, 0.2) is 0 Å². The Hall–Kier alpha value is -3.46. The molecule has 1 aliphatic rings. The third-order valence-corrected chi connectivity index (χ3v) is 5.18. The highest BCUT2D eigenvalue weighted by molar-refractivity contribution is 5.79. The summed E-state index contributed by atoms with van der Waals surface area (Å²) in [6.45, 7) is 1.02. The topological polar surface area (TPSA) is 105 Å². The summed E-state index contributed by atoms with van der Waals surface area (Å²) in [5.41, 5.74) is 1.73. The summed E-state index contributed by atoms with van der Waals surface area (Å²) in [6, 6.07) is 16.6. The summed E-state index contributed by atoms with van der Waals surface area (Å²) in [5, 5.41) is 25.5. The zero-order valence-corrected chi connectivity index (χ0v) is 16.7. The van der Waals surface area contributed by atoms with Crippen LogP contribution in [0, 0.1) is 0 Å². The Kier molecular flexibility index (Phi) is 5.89. The summed E-state index contributed by atoms with van der Waals surface area (Å²) in [6.07, 6.45) is 0.117. The van der Waals surface area contributed by atoms with Crippen LogP contribution < -0.4 is 15.0 Å². The smallest absolute Gasteiger partial charge is 0.250 e. The van der Waals surface area contributed by atoms with Crippen molar-refractivity contribution < 1.29 is 14.6 Å². The van der Waals surface area contributed by atoms with Crippen molar-refractivity contribution in [3.63, 3.8) is 0 Å². The number of methoxy groups -OCH3 is 1. The number of amides is 1. The Bertz CT molecular complexity index is 976. The molecule has 9 heteroatoms. The minimum absolute atomic E-state index is 0.145. The zero-order chi connectivity index (χ0) is 20.9. The van der Waals surface area contributed by atoms with Gasteiger partial charge in [-0.2, -0.15) is 4.68 Å². The molecular weight excluding hydrogens is 384 g/mol. The molecule has 1 fully saturated rings. The van der Waals surface area contributed by atoms with Crippen LogP contribution >= 0.6 is 0 Å². The minimum Gasteiger partial charge on any atom is -0.497 e. The molecule has 4 rings (SSSR count). The Morgan fingerprint density at radius 3 is 2.70 bits per heavy atom. The van der Waals surface area contributed by atoms with Gasteiger partial charge in [-0.3, -0.25) is 4.79 Å². The monoisotopic (exact) mass is 408 g/mol. The van der Waals surface area contributed by atoms with Gasteiger partial charge in [-0.15, -0.1) is 0 Å². The van der Waals surface area contributed by atoms with Crippen LogP contribution in [0.3, 0.4) is 0 Å². The van der Waals surface area contributed by atoms with Crippen molar-refractivity contribution in [2.45, 2.75) is 25.0 Å². The highest BCUT2D eigenvalue weighted by atomic mass is 16.5. The number of nitrogens with one attached hydrogen (secondary N) is 1. The van der Waals surface area contributed by atoms with E-state index < -0.39 is 12.1 Å². The molecule has 1 amide bonds. The molecule has 2 atom stereocenters. The molecule has 1 aromatic heterocycles. The summed E-state index contributed by atoms with van der Waals surface area (Å²) in [7, 11) is 1.60. The first kappa shape index (κ1) is 19.8. The third kappa shape index (κ3) is 4.41. The van der Waals surface area contributed by atoms with Crippen LogP contribution in [0.1, 0.15) is 12.0 Å². The minimum atomic E-state index is -0.623. The molecule has 9 nitrogen and oxygen atoms in total. The maximum absolute atomic E-state index is 12.5. The molecule has 3 aromatic rings. The van der Waals surface area contributed by atoms with Gasteiger partial charge in [0.1, 0.15) is 5.75 Å². The molecule has 2 aromatic carbocycles. The lowest BCUT2D eigenvalue weighted by Crippen LogP contribution is -2.56. The fourth-order valence-corrected chi connectivity index (χ4v) is 3.57. The third-order valence-electron chi connectivity index (χ3n) is 5.18. The quantitative estimate of drug-likeness (QED) is 0.626. The molecule has 0 saturated carbocycles. The first-order valence-corrected chi connectivity index (χ1v) is 9.83. The lowest BCUT2D eigenvalue weighted by atomic mass is 10.0. The van der Waals surface area contributed by atoms with Crippen molar-refractivity contribution in [1.29, 1.82) is 0 Å². The van der Waals surface area contributed by atoms with E-state index in [4.69, 9.17) is 4.74 Å². The molecule has 0 bridgehead atoms. The van der Waals surface area contributed by atoms with Gasteiger partial charge in [0.25, 0.3) is 0 Å². The van der Waals surface area contributed by atoms with Gasteiger partial charge in [0, 0.05) is 13.1 Å². The first-order chi connectivity index (χ1) is 14.6. The second-order valence-corrected chi connectivity index (χ2v) is 7.23. The SMILES string of the molecule is COc1ccc(CC(=O)N[C@@H]2CN(c3nnnn3-c3ccccc3)CC[C@@H]2O)cc1. The lowest BCUT2D eigenvalue weighted by molar-refractivity contribution is -0.122. The maximum atomic E-state index is 12.5. The summed E-state index contributed by atoms with van der Waals surface area (Å²) >= 11 is 0. The second kappa shape index (κ2) is 8.91.